The first-order valence-electron chi connectivity index (χ1n) is 5.20. The lowest BCUT2D eigenvalue weighted by atomic mass is 9.93. The van der Waals surface area contributed by atoms with E-state index >= 15 is 0 Å². The third-order valence-corrected chi connectivity index (χ3v) is 2.98. The second-order valence-electron chi connectivity index (χ2n) is 4.23. The Hall–Kier alpha value is -1.02. The van der Waals surface area contributed by atoms with Gasteiger partial charge in [-0.2, -0.15) is 0 Å². The van der Waals surface area contributed by atoms with Crippen LogP contribution in [-0.4, -0.2) is 20.6 Å². The zero-order valence-corrected chi connectivity index (χ0v) is 9.17. The maximum absolute atomic E-state index is 3.45. The molecular weight excluding hydrogens is 172 g/mol. The third-order valence-electron chi connectivity index (χ3n) is 2.98. The van der Waals surface area contributed by atoms with E-state index in [1.54, 1.807) is 0 Å². The average Bonchev–Trinajstić information content (AvgIpc) is 2.05. The molecule has 76 valence electrons. The van der Waals surface area contributed by atoms with Crippen molar-refractivity contribution in [2.24, 2.45) is 0 Å². The van der Waals surface area contributed by atoms with Crippen LogP contribution in [0.5, 0.6) is 0 Å². The first-order valence-corrected chi connectivity index (χ1v) is 5.20. The summed E-state index contributed by atoms with van der Waals surface area (Å²) < 4.78 is 0. The van der Waals surface area contributed by atoms with Crippen molar-refractivity contribution < 1.29 is 0 Å². The number of rotatable bonds is 2. The van der Waals surface area contributed by atoms with E-state index in [9.17, 15) is 0 Å². The van der Waals surface area contributed by atoms with Gasteiger partial charge in [0.15, 0.2) is 0 Å². The molecule has 0 aliphatic carbocycles. The zero-order chi connectivity index (χ0) is 10.1. The summed E-state index contributed by atoms with van der Waals surface area (Å²) >= 11 is 0. The molecule has 2 rings (SSSR count). The number of aryl methyl sites for hydroxylation is 1. The van der Waals surface area contributed by atoms with E-state index in [1.165, 1.54) is 23.2 Å². The predicted molar refractivity (Wildman–Crippen MR) is 60.9 cm³/mol. The van der Waals surface area contributed by atoms with Crippen LogP contribution in [0.25, 0.3) is 0 Å². The molecule has 0 saturated carbocycles. The Morgan fingerprint density at radius 1 is 1.36 bits per heavy atom. The summed E-state index contributed by atoms with van der Waals surface area (Å²) in [6.07, 6.45) is 1.28. The van der Waals surface area contributed by atoms with Gasteiger partial charge in [-0.3, -0.25) is 0 Å². The molecule has 0 aromatic heterocycles. The predicted octanol–water partition coefficient (Wildman–Crippen LogP) is 2.10. The molecule has 2 nitrogen and oxygen atoms in total. The molecule has 1 heterocycles. The highest BCUT2D eigenvalue weighted by Gasteiger charge is 2.20. The van der Waals surface area contributed by atoms with Crippen LogP contribution in [0.2, 0.25) is 0 Å². The van der Waals surface area contributed by atoms with Gasteiger partial charge < -0.3 is 10.2 Å². The van der Waals surface area contributed by atoms with Gasteiger partial charge in [-0.1, -0.05) is 6.07 Å². The van der Waals surface area contributed by atoms with E-state index in [0.717, 1.165) is 6.54 Å². The fraction of sp³-hybridized carbons (Fsp3) is 0.500. The van der Waals surface area contributed by atoms with Crippen molar-refractivity contribution in [3.63, 3.8) is 0 Å². The number of hydrogen-bond acceptors (Lipinski definition) is 2. The highest BCUT2D eigenvalue weighted by atomic mass is 15.1. The number of nitrogens with one attached hydrogen (secondary N) is 1. The van der Waals surface area contributed by atoms with E-state index in [-0.39, 0.29) is 0 Å². The minimum absolute atomic E-state index is 0.592. The minimum Gasteiger partial charge on any atom is -0.378 e. The van der Waals surface area contributed by atoms with Crippen molar-refractivity contribution in [3.05, 3.63) is 29.3 Å². The maximum atomic E-state index is 3.45. The van der Waals surface area contributed by atoms with Crippen LogP contribution in [-0.2, 0) is 0 Å². The lowest BCUT2D eigenvalue weighted by molar-refractivity contribution is 0.382. The fourth-order valence-electron chi connectivity index (χ4n) is 1.84. The number of nitrogens with zero attached hydrogens (tertiary/aromatic N) is 1. The van der Waals surface area contributed by atoms with Crippen LogP contribution in [0.15, 0.2) is 18.2 Å². The van der Waals surface area contributed by atoms with Gasteiger partial charge in [0.25, 0.3) is 0 Å². The molecule has 1 aromatic carbocycles. The molecule has 1 saturated heterocycles. The maximum Gasteiger partial charge on any atom is 0.0364 e. The van der Waals surface area contributed by atoms with E-state index in [4.69, 9.17) is 0 Å². The molecule has 0 amide bonds. The zero-order valence-electron chi connectivity index (χ0n) is 9.17. The van der Waals surface area contributed by atoms with Crippen LogP contribution in [0.3, 0.4) is 0 Å². The van der Waals surface area contributed by atoms with Gasteiger partial charge >= 0.3 is 0 Å². The summed E-state index contributed by atoms with van der Waals surface area (Å²) in [6.45, 7) is 3.35. The van der Waals surface area contributed by atoms with E-state index in [0.29, 0.717) is 6.04 Å². The summed E-state index contributed by atoms with van der Waals surface area (Å²) in [5, 5.41) is 3.45. The molecule has 2 heteroatoms. The number of anilines is 1. The third kappa shape index (κ3) is 1.62. The first-order chi connectivity index (χ1) is 6.68. The molecule has 1 aliphatic rings. The van der Waals surface area contributed by atoms with Gasteiger partial charge in [-0.15, -0.1) is 0 Å². The number of benzene rings is 1. The van der Waals surface area contributed by atoms with Crippen LogP contribution < -0.4 is 10.2 Å². The lowest BCUT2D eigenvalue weighted by Gasteiger charge is -2.30. The summed E-state index contributed by atoms with van der Waals surface area (Å²) in [7, 11) is 4.17. The Bertz CT molecular complexity index is 327. The quantitative estimate of drug-likeness (QED) is 0.768. The van der Waals surface area contributed by atoms with E-state index in [1.807, 2.05) is 0 Å². The number of hydrogen-bond donors (Lipinski definition) is 1. The minimum atomic E-state index is 0.592. The van der Waals surface area contributed by atoms with Gasteiger partial charge in [-0.25, -0.2) is 0 Å². The van der Waals surface area contributed by atoms with Crippen LogP contribution in [0.1, 0.15) is 23.6 Å². The van der Waals surface area contributed by atoms with Gasteiger partial charge in [0.05, 0.1) is 0 Å². The molecule has 1 aliphatic heterocycles. The smallest absolute Gasteiger partial charge is 0.0364 e. The van der Waals surface area contributed by atoms with Crippen molar-refractivity contribution in [3.8, 4) is 0 Å². The van der Waals surface area contributed by atoms with Gasteiger partial charge in [0, 0.05) is 25.8 Å². The Balaban J connectivity index is 2.31. The standard InChI is InChI=1S/C12H18N2/c1-9-4-5-10(14(2)3)8-11(9)12-6-7-13-12/h4-5,8,12-13H,6-7H2,1-3H3/t12-/m0/s1. The fourth-order valence-corrected chi connectivity index (χ4v) is 1.84. The lowest BCUT2D eigenvalue weighted by Crippen LogP contribution is -2.35. The van der Waals surface area contributed by atoms with Gasteiger partial charge in [0.1, 0.15) is 0 Å². The molecule has 1 fully saturated rings. The van der Waals surface area contributed by atoms with Crippen LogP contribution in [0, 0.1) is 6.92 Å². The van der Waals surface area contributed by atoms with Crippen LogP contribution in [0.4, 0.5) is 5.69 Å². The van der Waals surface area contributed by atoms with Gasteiger partial charge in [0.2, 0.25) is 0 Å². The topological polar surface area (TPSA) is 15.3 Å². The second-order valence-corrected chi connectivity index (χ2v) is 4.23. The summed E-state index contributed by atoms with van der Waals surface area (Å²) in [5.41, 5.74) is 4.15. The Labute approximate surface area is 85.9 Å². The molecule has 1 atom stereocenters. The van der Waals surface area contributed by atoms with Crippen LogP contribution >= 0.6 is 0 Å². The molecule has 0 radical (unpaired) electrons. The van der Waals surface area contributed by atoms with Crippen molar-refractivity contribution in [2.45, 2.75) is 19.4 Å². The molecule has 0 spiro atoms. The van der Waals surface area contributed by atoms with Crippen molar-refractivity contribution in [2.75, 3.05) is 25.5 Å². The summed E-state index contributed by atoms with van der Waals surface area (Å²) in [4.78, 5) is 2.15. The molecule has 1 aromatic rings. The van der Waals surface area contributed by atoms with Gasteiger partial charge in [-0.05, 0) is 43.1 Å². The average molecular weight is 190 g/mol. The molecule has 1 N–H and O–H groups in total. The van der Waals surface area contributed by atoms with Crippen molar-refractivity contribution >= 4 is 5.69 Å². The highest BCUT2D eigenvalue weighted by Crippen LogP contribution is 2.28. The first kappa shape index (κ1) is 9.53. The Morgan fingerprint density at radius 3 is 2.57 bits per heavy atom. The van der Waals surface area contributed by atoms with Crippen molar-refractivity contribution in [1.29, 1.82) is 0 Å². The normalized spacial score (nSPS) is 20.4. The molecule has 14 heavy (non-hydrogen) atoms. The summed E-state index contributed by atoms with van der Waals surface area (Å²) in [5.74, 6) is 0. The Kier molecular flexibility index (Phi) is 2.46. The van der Waals surface area contributed by atoms with E-state index < -0.39 is 0 Å². The molecule has 0 bridgehead atoms. The Morgan fingerprint density at radius 2 is 2.07 bits per heavy atom. The molecule has 0 unspecified atom stereocenters. The summed E-state index contributed by atoms with van der Waals surface area (Å²) in [6, 6.07) is 7.28. The second kappa shape index (κ2) is 3.62. The highest BCUT2D eigenvalue weighted by molar-refractivity contribution is 5.50. The van der Waals surface area contributed by atoms with E-state index in [2.05, 4.69) is 49.4 Å². The largest absolute Gasteiger partial charge is 0.378 e. The molecular formula is C12H18N2. The van der Waals surface area contributed by atoms with Crippen molar-refractivity contribution in [1.82, 2.24) is 5.32 Å². The SMILES string of the molecule is Cc1ccc(N(C)C)cc1[C@@H]1CCN1. The monoisotopic (exact) mass is 190 g/mol.